The summed E-state index contributed by atoms with van der Waals surface area (Å²) in [5.41, 5.74) is 6.02. The number of hydrogen-bond donors (Lipinski definition) is 2. The molecule has 2 aromatic rings. The second kappa shape index (κ2) is 6.03. The van der Waals surface area contributed by atoms with Gasteiger partial charge in [-0.1, -0.05) is 23.7 Å². The van der Waals surface area contributed by atoms with Crippen LogP contribution in [-0.2, 0) is 0 Å². The molecule has 96 valence electrons. The van der Waals surface area contributed by atoms with E-state index in [0.717, 1.165) is 29.3 Å². The van der Waals surface area contributed by atoms with Gasteiger partial charge in [-0.25, -0.2) is 5.43 Å². The Morgan fingerprint density at radius 3 is 2.56 bits per heavy atom. The Bertz CT molecular complexity index is 571. The van der Waals surface area contributed by atoms with E-state index in [0.29, 0.717) is 0 Å². The number of hydrazine groups is 1. The summed E-state index contributed by atoms with van der Waals surface area (Å²) in [5.74, 6) is 5.68. The summed E-state index contributed by atoms with van der Waals surface area (Å²) in [7, 11) is 0. The van der Waals surface area contributed by atoms with E-state index in [1.165, 1.54) is 0 Å². The van der Waals surface area contributed by atoms with Crippen molar-refractivity contribution in [1.82, 2.24) is 5.43 Å². The number of nitrogens with two attached hydrogens (primary N) is 1. The fourth-order valence-corrected chi connectivity index (χ4v) is 4.80. The van der Waals surface area contributed by atoms with Crippen LogP contribution in [0.2, 0.25) is 5.02 Å². The standard InChI is InChI=1S/C12H11Br2ClN2S/c1-6-2-3-7(4-9(6)15)11(17-16)8-5-10(13)18-12(8)14/h2-5,11,17H,16H2,1H3. The minimum atomic E-state index is -0.0833. The summed E-state index contributed by atoms with van der Waals surface area (Å²) in [5, 5.41) is 0.748. The molecule has 0 bridgehead atoms. The van der Waals surface area contributed by atoms with Crippen LogP contribution in [0.3, 0.4) is 0 Å². The molecular formula is C12H11Br2ClN2S. The molecule has 1 aromatic carbocycles. The van der Waals surface area contributed by atoms with E-state index in [1.807, 2.05) is 31.2 Å². The van der Waals surface area contributed by atoms with Crippen molar-refractivity contribution in [2.45, 2.75) is 13.0 Å². The number of aryl methyl sites for hydroxylation is 1. The Morgan fingerprint density at radius 2 is 2.06 bits per heavy atom. The molecule has 0 radical (unpaired) electrons. The van der Waals surface area contributed by atoms with Crippen molar-refractivity contribution in [3.63, 3.8) is 0 Å². The van der Waals surface area contributed by atoms with E-state index in [2.05, 4.69) is 37.3 Å². The molecule has 0 saturated heterocycles. The third-order valence-electron chi connectivity index (χ3n) is 2.69. The highest BCUT2D eigenvalue weighted by Crippen LogP contribution is 2.38. The molecule has 0 aliphatic heterocycles. The highest BCUT2D eigenvalue weighted by molar-refractivity contribution is 9.12. The van der Waals surface area contributed by atoms with Gasteiger partial charge in [0.25, 0.3) is 0 Å². The zero-order valence-corrected chi connectivity index (χ0v) is 14.3. The number of benzene rings is 1. The molecule has 1 aromatic heterocycles. The van der Waals surface area contributed by atoms with Crippen LogP contribution in [-0.4, -0.2) is 0 Å². The van der Waals surface area contributed by atoms with Crippen molar-refractivity contribution in [1.29, 1.82) is 0 Å². The molecule has 0 aliphatic carbocycles. The molecule has 1 unspecified atom stereocenters. The number of halogens is 3. The Balaban J connectivity index is 2.45. The van der Waals surface area contributed by atoms with Crippen LogP contribution >= 0.6 is 54.8 Å². The Kier molecular flexibility index (Phi) is 4.86. The lowest BCUT2D eigenvalue weighted by atomic mass is 10.0. The smallest absolute Gasteiger partial charge is 0.0762 e. The minimum absolute atomic E-state index is 0.0833. The lowest BCUT2D eigenvalue weighted by Crippen LogP contribution is -2.28. The summed E-state index contributed by atoms with van der Waals surface area (Å²) in [6.07, 6.45) is 0. The van der Waals surface area contributed by atoms with E-state index in [4.69, 9.17) is 17.4 Å². The van der Waals surface area contributed by atoms with E-state index in [9.17, 15) is 0 Å². The molecular weight excluding hydrogens is 399 g/mol. The molecule has 6 heteroatoms. The molecule has 1 heterocycles. The predicted molar refractivity (Wildman–Crippen MR) is 85.1 cm³/mol. The van der Waals surface area contributed by atoms with Crippen molar-refractivity contribution >= 4 is 54.8 Å². The van der Waals surface area contributed by atoms with Crippen molar-refractivity contribution in [3.05, 3.63) is 53.6 Å². The first-order valence-electron chi connectivity index (χ1n) is 5.20. The maximum Gasteiger partial charge on any atom is 0.0762 e. The zero-order valence-electron chi connectivity index (χ0n) is 9.51. The van der Waals surface area contributed by atoms with Gasteiger partial charge in [0.2, 0.25) is 0 Å². The van der Waals surface area contributed by atoms with Gasteiger partial charge in [-0.15, -0.1) is 11.3 Å². The minimum Gasteiger partial charge on any atom is -0.271 e. The highest BCUT2D eigenvalue weighted by Gasteiger charge is 2.18. The normalized spacial score (nSPS) is 12.7. The van der Waals surface area contributed by atoms with E-state index >= 15 is 0 Å². The van der Waals surface area contributed by atoms with Crippen LogP contribution in [0.1, 0.15) is 22.7 Å². The van der Waals surface area contributed by atoms with Gasteiger partial charge in [-0.05, 0) is 62.0 Å². The third-order valence-corrected chi connectivity index (χ3v) is 5.48. The Morgan fingerprint density at radius 1 is 1.33 bits per heavy atom. The third kappa shape index (κ3) is 2.98. The van der Waals surface area contributed by atoms with Crippen LogP contribution < -0.4 is 11.3 Å². The second-order valence-electron chi connectivity index (χ2n) is 3.89. The van der Waals surface area contributed by atoms with Crippen LogP contribution in [0.4, 0.5) is 0 Å². The first-order valence-corrected chi connectivity index (χ1v) is 7.98. The molecule has 3 N–H and O–H groups in total. The molecule has 1 atom stereocenters. The quantitative estimate of drug-likeness (QED) is 0.564. The number of hydrogen-bond acceptors (Lipinski definition) is 3. The summed E-state index contributed by atoms with van der Waals surface area (Å²) >= 11 is 14.8. The van der Waals surface area contributed by atoms with Gasteiger partial charge in [0.05, 0.1) is 13.6 Å². The average molecular weight is 411 g/mol. The van der Waals surface area contributed by atoms with Gasteiger partial charge in [0, 0.05) is 10.6 Å². The maximum absolute atomic E-state index is 6.16. The largest absolute Gasteiger partial charge is 0.271 e. The molecule has 18 heavy (non-hydrogen) atoms. The number of rotatable bonds is 3. The molecule has 2 rings (SSSR count). The topological polar surface area (TPSA) is 38.0 Å². The van der Waals surface area contributed by atoms with Gasteiger partial charge >= 0.3 is 0 Å². The van der Waals surface area contributed by atoms with Crippen molar-refractivity contribution in [3.8, 4) is 0 Å². The van der Waals surface area contributed by atoms with Gasteiger partial charge in [-0.3, -0.25) is 5.84 Å². The van der Waals surface area contributed by atoms with Crippen molar-refractivity contribution in [2.75, 3.05) is 0 Å². The average Bonchev–Trinajstić information content (AvgIpc) is 2.64. The second-order valence-corrected chi connectivity index (χ2v) is 8.04. The first-order chi connectivity index (χ1) is 8.52. The van der Waals surface area contributed by atoms with Crippen LogP contribution in [0.25, 0.3) is 0 Å². The lowest BCUT2D eigenvalue weighted by Gasteiger charge is -2.16. The van der Waals surface area contributed by atoms with Crippen molar-refractivity contribution < 1.29 is 0 Å². The van der Waals surface area contributed by atoms with Crippen LogP contribution in [0.5, 0.6) is 0 Å². The summed E-state index contributed by atoms with van der Waals surface area (Å²) in [6, 6.07) is 7.94. The Labute approximate surface area is 132 Å². The summed E-state index contributed by atoms with van der Waals surface area (Å²) in [4.78, 5) is 0. The fraction of sp³-hybridized carbons (Fsp3) is 0.167. The van der Waals surface area contributed by atoms with Gasteiger partial charge in [-0.2, -0.15) is 0 Å². The molecule has 0 amide bonds. The van der Waals surface area contributed by atoms with Gasteiger partial charge in [0.15, 0.2) is 0 Å². The molecule has 0 spiro atoms. The number of thiophene rings is 1. The predicted octanol–water partition coefficient (Wildman–Crippen LogP) is 4.79. The van der Waals surface area contributed by atoms with E-state index in [1.54, 1.807) is 11.3 Å². The maximum atomic E-state index is 6.16. The Hall–Kier alpha value is 0.0900. The van der Waals surface area contributed by atoms with Crippen LogP contribution in [0, 0.1) is 6.92 Å². The van der Waals surface area contributed by atoms with Crippen LogP contribution in [0.15, 0.2) is 31.8 Å². The molecule has 0 saturated carbocycles. The lowest BCUT2D eigenvalue weighted by molar-refractivity contribution is 0.637. The molecule has 0 fully saturated rings. The van der Waals surface area contributed by atoms with E-state index in [-0.39, 0.29) is 6.04 Å². The van der Waals surface area contributed by atoms with E-state index < -0.39 is 0 Å². The summed E-state index contributed by atoms with van der Waals surface area (Å²) in [6.45, 7) is 1.98. The monoisotopic (exact) mass is 408 g/mol. The summed E-state index contributed by atoms with van der Waals surface area (Å²) < 4.78 is 2.11. The zero-order chi connectivity index (χ0) is 13.3. The molecule has 2 nitrogen and oxygen atoms in total. The van der Waals surface area contributed by atoms with Gasteiger partial charge in [0.1, 0.15) is 0 Å². The SMILES string of the molecule is Cc1ccc(C(NN)c2cc(Br)sc2Br)cc1Cl. The highest BCUT2D eigenvalue weighted by atomic mass is 79.9. The van der Waals surface area contributed by atoms with Crippen molar-refractivity contribution in [2.24, 2.45) is 5.84 Å². The fourth-order valence-electron chi connectivity index (χ4n) is 1.70. The number of nitrogens with one attached hydrogen (secondary N) is 1. The first kappa shape index (κ1) is 14.5. The molecule has 0 aliphatic rings. The van der Waals surface area contributed by atoms with Gasteiger partial charge < -0.3 is 0 Å².